The molecule has 0 unspecified atom stereocenters. The van der Waals surface area contributed by atoms with Crippen molar-refractivity contribution in [2.75, 3.05) is 0 Å². The number of phenolic OH excluding ortho intramolecular Hbond substituents is 2. The molecule has 4 rings (SSSR count). The molecule has 0 saturated carbocycles. The first kappa shape index (κ1) is 20.8. The third kappa shape index (κ3) is 4.99. The summed E-state index contributed by atoms with van der Waals surface area (Å²) in [4.78, 5) is 14.8. The smallest absolute Gasteiger partial charge is 0.267 e. The van der Waals surface area contributed by atoms with Gasteiger partial charge in [0.1, 0.15) is 17.3 Å². The summed E-state index contributed by atoms with van der Waals surface area (Å²) < 4.78 is 5.37. The van der Waals surface area contributed by atoms with Gasteiger partial charge in [0.15, 0.2) is 5.17 Å². The first-order valence-corrected chi connectivity index (χ1v) is 10.3. The van der Waals surface area contributed by atoms with Crippen LogP contribution in [0, 0.1) is 0 Å². The second kappa shape index (κ2) is 9.11. The normalized spacial score (nSPS) is 16.8. The van der Waals surface area contributed by atoms with Crippen LogP contribution in [-0.4, -0.2) is 32.4 Å². The number of thioether (sulfide) groups is 1. The molecule has 1 fully saturated rings. The SMILES string of the molecule is O=C1/C(=C/c2cc(Cl)ccc2O)S/C(=N/N=C\c2ccc(O)cc2)N1Cc1ccco1. The van der Waals surface area contributed by atoms with E-state index in [0.29, 0.717) is 26.4 Å². The number of aromatic hydroxyl groups is 2. The van der Waals surface area contributed by atoms with Crippen molar-refractivity contribution in [2.45, 2.75) is 6.54 Å². The number of hydrogen-bond donors (Lipinski definition) is 2. The number of rotatable bonds is 5. The van der Waals surface area contributed by atoms with E-state index in [1.807, 2.05) is 0 Å². The number of nitrogens with zero attached hydrogens (tertiary/aromatic N) is 3. The molecule has 7 nitrogen and oxygen atoms in total. The van der Waals surface area contributed by atoms with Gasteiger partial charge in [-0.25, -0.2) is 0 Å². The minimum atomic E-state index is -0.292. The molecule has 2 aromatic carbocycles. The molecule has 1 aromatic heterocycles. The fourth-order valence-corrected chi connectivity index (χ4v) is 3.87. The molecular weight excluding hydrogens is 438 g/mol. The van der Waals surface area contributed by atoms with Crippen molar-refractivity contribution in [3.63, 3.8) is 0 Å². The summed E-state index contributed by atoms with van der Waals surface area (Å²) in [6, 6.07) is 14.6. The molecule has 9 heteroatoms. The Bertz CT molecular complexity index is 1190. The quantitative estimate of drug-likeness (QED) is 0.327. The summed E-state index contributed by atoms with van der Waals surface area (Å²) in [5.74, 6) is 0.470. The summed E-state index contributed by atoms with van der Waals surface area (Å²) in [5.41, 5.74) is 1.17. The predicted molar refractivity (Wildman–Crippen MR) is 121 cm³/mol. The van der Waals surface area contributed by atoms with Crippen LogP contribution in [0.1, 0.15) is 16.9 Å². The van der Waals surface area contributed by atoms with E-state index in [1.165, 1.54) is 23.4 Å². The zero-order valence-electron chi connectivity index (χ0n) is 16.0. The van der Waals surface area contributed by atoms with E-state index in [1.54, 1.807) is 54.6 Å². The van der Waals surface area contributed by atoms with E-state index in [2.05, 4.69) is 10.2 Å². The molecule has 1 aliphatic rings. The molecule has 156 valence electrons. The van der Waals surface area contributed by atoms with Crippen molar-refractivity contribution in [3.8, 4) is 11.5 Å². The van der Waals surface area contributed by atoms with Crippen LogP contribution in [0.5, 0.6) is 11.5 Å². The largest absolute Gasteiger partial charge is 0.508 e. The van der Waals surface area contributed by atoms with Gasteiger partial charge in [0.25, 0.3) is 5.91 Å². The highest BCUT2D eigenvalue weighted by Gasteiger charge is 2.34. The highest BCUT2D eigenvalue weighted by atomic mass is 35.5. The third-order valence-electron chi connectivity index (χ3n) is 4.30. The van der Waals surface area contributed by atoms with Gasteiger partial charge in [0.05, 0.1) is 23.9 Å². The zero-order chi connectivity index (χ0) is 21.8. The number of amidine groups is 1. The topological polar surface area (TPSA) is 98.6 Å². The van der Waals surface area contributed by atoms with Crippen molar-refractivity contribution in [1.29, 1.82) is 0 Å². The molecule has 0 aliphatic carbocycles. The Labute approximate surface area is 187 Å². The van der Waals surface area contributed by atoms with Crippen molar-refractivity contribution >= 4 is 46.7 Å². The van der Waals surface area contributed by atoms with Crippen LogP contribution in [0.4, 0.5) is 0 Å². The van der Waals surface area contributed by atoms with Crippen LogP contribution < -0.4 is 0 Å². The van der Waals surface area contributed by atoms with Crippen LogP contribution in [0.25, 0.3) is 6.08 Å². The van der Waals surface area contributed by atoms with Crippen LogP contribution in [0.2, 0.25) is 5.02 Å². The predicted octanol–water partition coefficient (Wildman–Crippen LogP) is 4.85. The minimum absolute atomic E-state index is 0.0126. The summed E-state index contributed by atoms with van der Waals surface area (Å²) in [6.07, 6.45) is 4.62. The average Bonchev–Trinajstić information content (AvgIpc) is 3.36. The lowest BCUT2D eigenvalue weighted by Crippen LogP contribution is -2.28. The van der Waals surface area contributed by atoms with Gasteiger partial charge in [-0.3, -0.25) is 9.69 Å². The van der Waals surface area contributed by atoms with E-state index >= 15 is 0 Å². The maximum absolute atomic E-state index is 13.0. The van der Waals surface area contributed by atoms with Crippen LogP contribution in [0.3, 0.4) is 0 Å². The maximum atomic E-state index is 13.0. The molecule has 31 heavy (non-hydrogen) atoms. The average molecular weight is 454 g/mol. The Kier molecular flexibility index (Phi) is 6.11. The number of carbonyl (C=O) groups excluding carboxylic acids is 1. The summed E-state index contributed by atoms with van der Waals surface area (Å²) in [6.45, 7) is 0.186. The fraction of sp³-hybridized carbons (Fsp3) is 0.0455. The van der Waals surface area contributed by atoms with Crippen LogP contribution >= 0.6 is 23.4 Å². The van der Waals surface area contributed by atoms with Gasteiger partial charge in [-0.2, -0.15) is 5.10 Å². The summed E-state index contributed by atoms with van der Waals surface area (Å²) in [7, 11) is 0. The van der Waals surface area contributed by atoms with Gasteiger partial charge in [-0.15, -0.1) is 5.10 Å². The van der Waals surface area contributed by atoms with Gasteiger partial charge in [-0.05, 0) is 78.0 Å². The Morgan fingerprint density at radius 1 is 1.13 bits per heavy atom. The molecule has 1 saturated heterocycles. The van der Waals surface area contributed by atoms with Gasteiger partial charge in [0.2, 0.25) is 0 Å². The standard InChI is InChI=1S/C22H16ClN3O4S/c23-16-5-8-19(28)15(10-16)11-20-21(29)26(13-18-2-1-9-30-18)22(31-20)25-24-12-14-3-6-17(27)7-4-14/h1-12,27-28H,13H2/b20-11-,24-12-,25-22+. The maximum Gasteiger partial charge on any atom is 0.267 e. The third-order valence-corrected chi connectivity index (χ3v) is 5.53. The second-order valence-electron chi connectivity index (χ2n) is 6.50. The number of halogens is 1. The summed E-state index contributed by atoms with van der Waals surface area (Å²) >= 11 is 7.15. The molecular formula is C22H16ClN3O4S. The molecule has 0 spiro atoms. The Hall–Kier alpha value is -3.49. The van der Waals surface area contributed by atoms with E-state index in [0.717, 1.165) is 17.3 Å². The Morgan fingerprint density at radius 3 is 2.68 bits per heavy atom. The van der Waals surface area contributed by atoms with E-state index in [4.69, 9.17) is 16.0 Å². The molecule has 1 amide bonds. The lowest BCUT2D eigenvalue weighted by molar-refractivity contribution is -0.122. The van der Waals surface area contributed by atoms with Crippen molar-refractivity contribution < 1.29 is 19.4 Å². The molecule has 0 bridgehead atoms. The monoisotopic (exact) mass is 453 g/mol. The highest BCUT2D eigenvalue weighted by molar-refractivity contribution is 8.18. The lowest BCUT2D eigenvalue weighted by Gasteiger charge is -2.12. The van der Waals surface area contributed by atoms with E-state index in [-0.39, 0.29) is 24.0 Å². The number of furan rings is 1. The molecule has 2 N–H and O–H groups in total. The molecule has 0 radical (unpaired) electrons. The first-order chi connectivity index (χ1) is 15.0. The second-order valence-corrected chi connectivity index (χ2v) is 7.95. The Morgan fingerprint density at radius 2 is 1.94 bits per heavy atom. The highest BCUT2D eigenvalue weighted by Crippen LogP contribution is 2.35. The van der Waals surface area contributed by atoms with Gasteiger partial charge < -0.3 is 14.6 Å². The fourth-order valence-electron chi connectivity index (χ4n) is 2.77. The molecule has 3 aromatic rings. The zero-order valence-corrected chi connectivity index (χ0v) is 17.5. The van der Waals surface area contributed by atoms with Gasteiger partial charge in [-0.1, -0.05) is 11.6 Å². The molecule has 2 heterocycles. The van der Waals surface area contributed by atoms with Crippen LogP contribution in [0.15, 0.2) is 80.4 Å². The van der Waals surface area contributed by atoms with Gasteiger partial charge in [0, 0.05) is 10.6 Å². The first-order valence-electron chi connectivity index (χ1n) is 9.12. The number of carbonyl (C=O) groups is 1. The van der Waals surface area contributed by atoms with Crippen LogP contribution in [-0.2, 0) is 11.3 Å². The molecule has 1 aliphatic heterocycles. The number of benzene rings is 2. The van der Waals surface area contributed by atoms with E-state index < -0.39 is 0 Å². The van der Waals surface area contributed by atoms with Crippen molar-refractivity contribution in [1.82, 2.24) is 4.90 Å². The molecule has 0 atom stereocenters. The minimum Gasteiger partial charge on any atom is -0.508 e. The van der Waals surface area contributed by atoms with Crippen molar-refractivity contribution in [3.05, 3.63) is 87.7 Å². The van der Waals surface area contributed by atoms with E-state index in [9.17, 15) is 15.0 Å². The summed E-state index contributed by atoms with van der Waals surface area (Å²) in [5, 5.41) is 28.5. The Balaban J connectivity index is 1.64. The number of phenols is 2. The lowest BCUT2D eigenvalue weighted by atomic mass is 10.2. The number of hydrogen-bond acceptors (Lipinski definition) is 7. The van der Waals surface area contributed by atoms with Crippen molar-refractivity contribution in [2.24, 2.45) is 10.2 Å². The van der Waals surface area contributed by atoms with Gasteiger partial charge >= 0.3 is 0 Å². The number of amides is 1.